The Labute approximate surface area is 191 Å². The number of hydrogen-bond donors (Lipinski definition) is 1. The molecule has 33 heavy (non-hydrogen) atoms. The van der Waals surface area contributed by atoms with Crippen LogP contribution in [-0.4, -0.2) is 47.0 Å². The summed E-state index contributed by atoms with van der Waals surface area (Å²) in [6.45, 7) is 3.82. The highest BCUT2D eigenvalue weighted by Gasteiger charge is 2.22. The lowest BCUT2D eigenvalue weighted by Gasteiger charge is -2.10. The van der Waals surface area contributed by atoms with Gasteiger partial charge >= 0.3 is 0 Å². The zero-order chi connectivity index (χ0) is 23.5. The standard InChI is InChI=1S/C24H25N5O4/c1-6-18-21(15-10-11-19(32-4)20(12-15)33-5)23-27-26-22(14(2)29(23)28-18)24(30)25-16-8-7-9-17(13-16)31-3/h7-13H,6H2,1-5H3,(H,25,30). The molecule has 0 fully saturated rings. The molecule has 0 aliphatic rings. The molecule has 4 rings (SSSR count). The lowest BCUT2D eigenvalue weighted by molar-refractivity contribution is 0.102. The Bertz CT molecular complexity index is 1330. The summed E-state index contributed by atoms with van der Waals surface area (Å²) in [7, 11) is 4.76. The van der Waals surface area contributed by atoms with Crippen LogP contribution in [0.5, 0.6) is 17.2 Å². The molecule has 0 spiro atoms. The predicted octanol–water partition coefficient (Wildman–Crippen LogP) is 3.94. The smallest absolute Gasteiger partial charge is 0.278 e. The number of ether oxygens (including phenoxy) is 3. The van der Waals surface area contributed by atoms with E-state index < -0.39 is 0 Å². The Morgan fingerprint density at radius 1 is 1.00 bits per heavy atom. The molecule has 9 nitrogen and oxygen atoms in total. The van der Waals surface area contributed by atoms with Gasteiger partial charge in [-0.25, -0.2) is 4.52 Å². The van der Waals surface area contributed by atoms with E-state index in [4.69, 9.17) is 19.3 Å². The molecule has 9 heteroatoms. The molecule has 0 aliphatic carbocycles. The fourth-order valence-corrected chi connectivity index (χ4v) is 3.69. The van der Waals surface area contributed by atoms with E-state index in [1.165, 1.54) is 0 Å². The van der Waals surface area contributed by atoms with Crippen molar-refractivity contribution in [2.45, 2.75) is 20.3 Å². The van der Waals surface area contributed by atoms with Crippen molar-refractivity contribution in [3.05, 3.63) is 59.5 Å². The van der Waals surface area contributed by atoms with Crippen molar-refractivity contribution in [3.63, 3.8) is 0 Å². The van der Waals surface area contributed by atoms with Gasteiger partial charge in [0.1, 0.15) is 5.75 Å². The van der Waals surface area contributed by atoms with Gasteiger partial charge in [-0.05, 0) is 43.2 Å². The van der Waals surface area contributed by atoms with Crippen molar-refractivity contribution in [1.29, 1.82) is 0 Å². The van der Waals surface area contributed by atoms with Crippen LogP contribution >= 0.6 is 0 Å². The number of nitrogens with zero attached hydrogens (tertiary/aromatic N) is 4. The summed E-state index contributed by atoms with van der Waals surface area (Å²) in [5, 5.41) is 16.2. The van der Waals surface area contributed by atoms with Gasteiger partial charge in [-0.3, -0.25) is 4.79 Å². The highest BCUT2D eigenvalue weighted by Crippen LogP contribution is 2.35. The topological polar surface area (TPSA) is 99.9 Å². The first-order chi connectivity index (χ1) is 16.0. The van der Waals surface area contributed by atoms with Gasteiger partial charge in [0.05, 0.1) is 38.3 Å². The van der Waals surface area contributed by atoms with E-state index in [1.54, 1.807) is 57.0 Å². The van der Waals surface area contributed by atoms with Crippen LogP contribution in [0.15, 0.2) is 42.5 Å². The quantitative estimate of drug-likeness (QED) is 0.458. The van der Waals surface area contributed by atoms with Crippen LogP contribution in [0.4, 0.5) is 5.69 Å². The third kappa shape index (κ3) is 4.05. The lowest BCUT2D eigenvalue weighted by Crippen LogP contribution is -2.18. The van der Waals surface area contributed by atoms with E-state index in [9.17, 15) is 4.79 Å². The summed E-state index contributed by atoms with van der Waals surface area (Å²) >= 11 is 0. The number of anilines is 1. The zero-order valence-corrected chi connectivity index (χ0v) is 19.2. The summed E-state index contributed by atoms with van der Waals surface area (Å²) in [4.78, 5) is 12.9. The fourth-order valence-electron chi connectivity index (χ4n) is 3.69. The lowest BCUT2D eigenvalue weighted by atomic mass is 10.0. The SMILES string of the molecule is CCc1nn2c(C)c(C(=O)Nc3cccc(OC)c3)nnc2c1-c1ccc(OC)c(OC)c1. The van der Waals surface area contributed by atoms with Crippen molar-refractivity contribution < 1.29 is 19.0 Å². The maximum atomic E-state index is 12.9. The number of fused-ring (bicyclic) bond motifs is 1. The maximum absolute atomic E-state index is 12.9. The Morgan fingerprint density at radius 2 is 1.79 bits per heavy atom. The maximum Gasteiger partial charge on any atom is 0.278 e. The molecule has 2 heterocycles. The zero-order valence-electron chi connectivity index (χ0n) is 19.2. The normalized spacial score (nSPS) is 10.8. The molecule has 2 aromatic heterocycles. The predicted molar refractivity (Wildman–Crippen MR) is 124 cm³/mol. The first kappa shape index (κ1) is 22.1. The van der Waals surface area contributed by atoms with Gasteiger partial charge in [-0.1, -0.05) is 19.1 Å². The molecule has 4 aromatic rings. The number of carbonyl (C=O) groups excluding carboxylic acids is 1. The summed E-state index contributed by atoms with van der Waals surface area (Å²) < 4.78 is 17.7. The summed E-state index contributed by atoms with van der Waals surface area (Å²) in [6.07, 6.45) is 0.678. The van der Waals surface area contributed by atoms with Crippen molar-refractivity contribution >= 4 is 17.2 Å². The van der Waals surface area contributed by atoms with Crippen molar-refractivity contribution in [1.82, 2.24) is 19.8 Å². The number of nitrogens with one attached hydrogen (secondary N) is 1. The molecule has 1 N–H and O–H groups in total. The van der Waals surface area contributed by atoms with Crippen LogP contribution in [0, 0.1) is 6.92 Å². The molecule has 1 amide bonds. The van der Waals surface area contributed by atoms with Gasteiger partial charge in [-0.2, -0.15) is 5.10 Å². The molecular formula is C24H25N5O4. The molecule has 0 bridgehead atoms. The second-order valence-corrected chi connectivity index (χ2v) is 7.30. The van der Waals surface area contributed by atoms with Gasteiger partial charge in [0.25, 0.3) is 5.91 Å². The number of benzene rings is 2. The molecule has 0 radical (unpaired) electrons. The Hall–Kier alpha value is -4.14. The molecule has 0 unspecified atom stereocenters. The van der Waals surface area contributed by atoms with Crippen molar-refractivity contribution in [3.8, 4) is 28.4 Å². The Balaban J connectivity index is 1.77. The van der Waals surface area contributed by atoms with Crippen molar-refractivity contribution in [2.24, 2.45) is 0 Å². The molecule has 0 atom stereocenters. The summed E-state index contributed by atoms with van der Waals surface area (Å²) in [6, 6.07) is 12.8. The van der Waals surface area contributed by atoms with Gasteiger partial charge in [0.15, 0.2) is 22.8 Å². The first-order valence-corrected chi connectivity index (χ1v) is 10.4. The summed E-state index contributed by atoms with van der Waals surface area (Å²) in [5.41, 5.74) is 4.49. The largest absolute Gasteiger partial charge is 0.497 e. The van der Waals surface area contributed by atoms with Crippen molar-refractivity contribution in [2.75, 3.05) is 26.6 Å². The van der Waals surface area contributed by atoms with E-state index in [2.05, 4.69) is 15.5 Å². The number of hydrogen-bond acceptors (Lipinski definition) is 7. The average molecular weight is 447 g/mol. The fraction of sp³-hybridized carbons (Fsp3) is 0.250. The van der Waals surface area contributed by atoms with Gasteiger partial charge in [0, 0.05) is 11.8 Å². The number of carbonyl (C=O) groups is 1. The molecule has 0 aliphatic heterocycles. The van der Waals surface area contributed by atoms with Gasteiger partial charge in [-0.15, -0.1) is 10.2 Å². The monoisotopic (exact) mass is 447 g/mol. The minimum absolute atomic E-state index is 0.189. The van der Waals surface area contributed by atoms with Gasteiger partial charge in [0.2, 0.25) is 0 Å². The molecule has 2 aromatic carbocycles. The number of aryl methyl sites for hydroxylation is 2. The molecular weight excluding hydrogens is 422 g/mol. The third-order valence-corrected chi connectivity index (χ3v) is 5.39. The second kappa shape index (κ2) is 9.15. The highest BCUT2D eigenvalue weighted by molar-refractivity contribution is 6.03. The number of rotatable bonds is 7. The molecule has 0 saturated carbocycles. The Morgan fingerprint density at radius 3 is 2.48 bits per heavy atom. The van der Waals surface area contributed by atoms with Crippen LogP contribution in [0.3, 0.4) is 0 Å². The minimum atomic E-state index is -0.378. The van der Waals surface area contributed by atoms with E-state index in [-0.39, 0.29) is 11.6 Å². The molecule has 170 valence electrons. The van der Waals surface area contributed by atoms with Crippen LogP contribution in [0.2, 0.25) is 0 Å². The van der Waals surface area contributed by atoms with Crippen LogP contribution in [0.25, 0.3) is 16.8 Å². The Kier molecular flexibility index (Phi) is 6.12. The summed E-state index contributed by atoms with van der Waals surface area (Å²) in [5.74, 6) is 1.51. The van der Waals surface area contributed by atoms with E-state index in [0.29, 0.717) is 40.7 Å². The first-order valence-electron chi connectivity index (χ1n) is 10.4. The van der Waals surface area contributed by atoms with E-state index in [0.717, 1.165) is 16.8 Å². The van der Waals surface area contributed by atoms with E-state index in [1.807, 2.05) is 25.1 Å². The number of methoxy groups -OCH3 is 3. The van der Waals surface area contributed by atoms with Gasteiger partial charge < -0.3 is 19.5 Å². The average Bonchev–Trinajstić information content (AvgIpc) is 3.23. The van der Waals surface area contributed by atoms with E-state index >= 15 is 0 Å². The van der Waals surface area contributed by atoms with Crippen LogP contribution in [-0.2, 0) is 6.42 Å². The molecule has 0 saturated heterocycles. The highest BCUT2D eigenvalue weighted by atomic mass is 16.5. The number of aromatic nitrogens is 4. The van der Waals surface area contributed by atoms with Crippen LogP contribution < -0.4 is 19.5 Å². The van der Waals surface area contributed by atoms with Crippen LogP contribution in [0.1, 0.15) is 28.8 Å². The third-order valence-electron chi connectivity index (χ3n) is 5.39. The second-order valence-electron chi connectivity index (χ2n) is 7.30. The minimum Gasteiger partial charge on any atom is -0.497 e. The number of amides is 1.